The minimum absolute atomic E-state index is 0.00610. The highest BCUT2D eigenvalue weighted by Crippen LogP contribution is 2.40. The van der Waals surface area contributed by atoms with Crippen LogP contribution < -0.4 is 5.32 Å². The summed E-state index contributed by atoms with van der Waals surface area (Å²) in [6, 6.07) is 6.89. The normalized spacial score (nSPS) is 21.1. The zero-order chi connectivity index (χ0) is 25.4. The van der Waals surface area contributed by atoms with Crippen LogP contribution in [0.5, 0.6) is 0 Å². The van der Waals surface area contributed by atoms with Gasteiger partial charge in [0.1, 0.15) is 5.82 Å². The number of carbonyl (C=O) groups is 2. The lowest BCUT2D eigenvalue weighted by Gasteiger charge is -2.38. The average Bonchev–Trinajstić information content (AvgIpc) is 3.27. The van der Waals surface area contributed by atoms with Gasteiger partial charge in [0.15, 0.2) is 0 Å². The predicted octanol–water partition coefficient (Wildman–Crippen LogP) is 4.10. The molecule has 2 aromatic heterocycles. The van der Waals surface area contributed by atoms with Crippen molar-refractivity contribution in [2.45, 2.75) is 57.5 Å². The van der Waals surface area contributed by atoms with Crippen molar-refractivity contribution in [3.8, 4) is 5.69 Å². The van der Waals surface area contributed by atoms with Gasteiger partial charge in [-0.15, -0.1) is 0 Å². The second kappa shape index (κ2) is 10.0. The lowest BCUT2D eigenvalue weighted by Crippen LogP contribution is -2.52. The largest absolute Gasteiger partial charge is 0.354 e. The second-order valence-electron chi connectivity index (χ2n) is 10.3. The lowest BCUT2D eigenvalue weighted by molar-refractivity contribution is -0.125. The minimum Gasteiger partial charge on any atom is -0.354 e. The van der Waals surface area contributed by atoms with Gasteiger partial charge in [-0.2, -0.15) is 0 Å². The highest BCUT2D eigenvalue weighted by molar-refractivity contribution is 5.99. The van der Waals surface area contributed by atoms with Gasteiger partial charge >= 0.3 is 0 Å². The highest BCUT2D eigenvalue weighted by atomic mass is 19.1. The molecule has 0 bridgehead atoms. The molecule has 1 N–H and O–H groups in total. The Kier molecular flexibility index (Phi) is 6.79. The summed E-state index contributed by atoms with van der Waals surface area (Å²) < 4.78 is 16.3. The molecule has 1 saturated carbocycles. The van der Waals surface area contributed by atoms with Gasteiger partial charge in [-0.3, -0.25) is 19.5 Å². The van der Waals surface area contributed by atoms with Gasteiger partial charge in [0.2, 0.25) is 5.91 Å². The average molecular weight is 492 g/mol. The van der Waals surface area contributed by atoms with E-state index < -0.39 is 5.82 Å². The first-order valence-electron chi connectivity index (χ1n) is 12.9. The maximum atomic E-state index is 14.3. The van der Waals surface area contributed by atoms with Crippen LogP contribution in [0.4, 0.5) is 4.39 Å². The Hall–Kier alpha value is -3.26. The van der Waals surface area contributed by atoms with Crippen LogP contribution in [0.1, 0.15) is 61.4 Å². The number of rotatable bonds is 5. The minimum atomic E-state index is -0.432. The van der Waals surface area contributed by atoms with Gasteiger partial charge in [-0.25, -0.2) is 4.39 Å². The third-order valence-electron chi connectivity index (χ3n) is 7.90. The summed E-state index contributed by atoms with van der Waals surface area (Å²) in [5.41, 5.74) is 3.15. The van der Waals surface area contributed by atoms with E-state index in [-0.39, 0.29) is 17.9 Å². The van der Waals surface area contributed by atoms with Crippen LogP contribution in [0.3, 0.4) is 0 Å². The molecule has 1 aliphatic carbocycles. The maximum Gasteiger partial charge on any atom is 0.256 e. The van der Waals surface area contributed by atoms with E-state index in [1.54, 1.807) is 24.2 Å². The molecule has 1 aliphatic heterocycles. The molecule has 2 amide bonds. The molecule has 2 aliphatic rings. The lowest BCUT2D eigenvalue weighted by atomic mass is 9.81. The molecule has 1 saturated heterocycles. The van der Waals surface area contributed by atoms with Gasteiger partial charge < -0.3 is 14.8 Å². The van der Waals surface area contributed by atoms with Crippen molar-refractivity contribution in [2.75, 3.05) is 26.7 Å². The molecule has 1 aromatic carbocycles. The zero-order valence-corrected chi connectivity index (χ0v) is 21.2. The first-order chi connectivity index (χ1) is 17.3. The molecule has 190 valence electrons. The van der Waals surface area contributed by atoms with Gasteiger partial charge in [0, 0.05) is 50.0 Å². The molecular formula is C28H34FN5O2. The Morgan fingerprint density at radius 2 is 1.97 bits per heavy atom. The Bertz CT molecular complexity index is 1280. The molecule has 3 aromatic rings. The SMILES string of the molecule is CC(C)N(C)C(=O)c1cc(F)ccc1-n1cc(C2CCC(N3CCNC(=O)C3)CC2)c2ccncc21. The maximum absolute atomic E-state index is 14.3. The van der Waals surface area contributed by atoms with Crippen molar-refractivity contribution < 1.29 is 14.0 Å². The van der Waals surface area contributed by atoms with Gasteiger partial charge in [0.25, 0.3) is 5.91 Å². The Morgan fingerprint density at radius 3 is 2.69 bits per heavy atom. The van der Waals surface area contributed by atoms with E-state index in [9.17, 15) is 14.0 Å². The fraction of sp³-hybridized carbons (Fsp3) is 0.464. The fourth-order valence-electron chi connectivity index (χ4n) is 5.66. The number of nitrogens with zero attached hydrogens (tertiary/aromatic N) is 4. The van der Waals surface area contributed by atoms with Crippen molar-refractivity contribution in [3.05, 3.63) is 59.8 Å². The summed E-state index contributed by atoms with van der Waals surface area (Å²) in [5.74, 6) is -0.146. The molecule has 2 fully saturated rings. The number of halogens is 1. The van der Waals surface area contributed by atoms with Crippen molar-refractivity contribution in [3.63, 3.8) is 0 Å². The summed E-state index contributed by atoms with van der Waals surface area (Å²) in [7, 11) is 1.74. The molecule has 0 radical (unpaired) electrons. The van der Waals surface area contributed by atoms with E-state index in [1.165, 1.54) is 17.7 Å². The van der Waals surface area contributed by atoms with Crippen LogP contribution in [0.2, 0.25) is 0 Å². The first-order valence-corrected chi connectivity index (χ1v) is 12.9. The summed E-state index contributed by atoms with van der Waals surface area (Å²) in [6.45, 7) is 6.02. The van der Waals surface area contributed by atoms with Crippen LogP contribution >= 0.6 is 0 Å². The van der Waals surface area contributed by atoms with E-state index in [1.807, 2.05) is 30.7 Å². The Balaban J connectivity index is 1.47. The van der Waals surface area contributed by atoms with Gasteiger partial charge in [0.05, 0.1) is 29.5 Å². The molecule has 5 rings (SSSR count). The number of hydrogen-bond acceptors (Lipinski definition) is 4. The van der Waals surface area contributed by atoms with Crippen molar-refractivity contribution in [1.82, 2.24) is 24.7 Å². The van der Waals surface area contributed by atoms with Gasteiger partial charge in [-0.1, -0.05) is 0 Å². The molecule has 0 atom stereocenters. The monoisotopic (exact) mass is 491 g/mol. The summed E-state index contributed by atoms with van der Waals surface area (Å²) >= 11 is 0. The van der Waals surface area contributed by atoms with Gasteiger partial charge in [-0.05, 0) is 75.3 Å². The molecule has 0 unspecified atom stereocenters. The molecular weight excluding hydrogens is 457 g/mol. The van der Waals surface area contributed by atoms with E-state index in [0.29, 0.717) is 29.8 Å². The molecule has 0 spiro atoms. The third kappa shape index (κ3) is 4.62. The van der Waals surface area contributed by atoms with E-state index in [0.717, 1.165) is 49.7 Å². The fourth-order valence-corrected chi connectivity index (χ4v) is 5.66. The van der Waals surface area contributed by atoms with Crippen molar-refractivity contribution in [1.29, 1.82) is 0 Å². The van der Waals surface area contributed by atoms with Crippen LogP contribution in [0, 0.1) is 5.82 Å². The molecule has 8 heteroatoms. The van der Waals surface area contributed by atoms with E-state index in [4.69, 9.17) is 0 Å². The smallest absolute Gasteiger partial charge is 0.256 e. The number of piperazine rings is 1. The summed E-state index contributed by atoms with van der Waals surface area (Å²) in [4.78, 5) is 33.4. The van der Waals surface area contributed by atoms with Crippen LogP contribution in [0.25, 0.3) is 16.6 Å². The zero-order valence-electron chi connectivity index (χ0n) is 21.2. The van der Waals surface area contributed by atoms with Crippen LogP contribution in [-0.2, 0) is 4.79 Å². The summed E-state index contributed by atoms with van der Waals surface area (Å²) in [6.07, 6.45) is 9.92. The number of hydrogen-bond donors (Lipinski definition) is 1. The van der Waals surface area contributed by atoms with Crippen molar-refractivity contribution in [2.24, 2.45) is 0 Å². The predicted molar refractivity (Wildman–Crippen MR) is 138 cm³/mol. The first kappa shape index (κ1) is 24.4. The van der Waals surface area contributed by atoms with E-state index in [2.05, 4.69) is 21.4 Å². The number of fused-ring (bicyclic) bond motifs is 1. The number of carbonyl (C=O) groups excluding carboxylic acids is 2. The topological polar surface area (TPSA) is 70.5 Å². The Labute approximate surface area is 211 Å². The number of aromatic nitrogens is 2. The standard InChI is InChI=1S/C28H34FN5O2/c1-18(2)32(3)28(36)23-14-20(29)6-9-25(23)34-16-24(22-10-11-30-15-26(22)34)19-4-7-21(8-5-19)33-13-12-31-27(35)17-33/h6,9-11,14-16,18-19,21H,4-5,7-8,12-13,17H2,1-3H3,(H,31,35). The highest BCUT2D eigenvalue weighted by Gasteiger charge is 2.31. The number of nitrogens with one attached hydrogen (secondary N) is 1. The van der Waals surface area contributed by atoms with Crippen molar-refractivity contribution >= 4 is 22.7 Å². The third-order valence-corrected chi connectivity index (χ3v) is 7.90. The molecule has 3 heterocycles. The van der Waals surface area contributed by atoms with Crippen LogP contribution in [-0.4, -0.2) is 69.9 Å². The number of benzene rings is 1. The van der Waals surface area contributed by atoms with E-state index >= 15 is 0 Å². The second-order valence-corrected chi connectivity index (χ2v) is 10.3. The quantitative estimate of drug-likeness (QED) is 0.583. The molecule has 36 heavy (non-hydrogen) atoms. The Morgan fingerprint density at radius 1 is 1.19 bits per heavy atom. The summed E-state index contributed by atoms with van der Waals surface area (Å²) in [5, 5.41) is 4.03. The van der Waals surface area contributed by atoms with Crippen LogP contribution in [0.15, 0.2) is 42.9 Å². The number of amides is 2. The molecule has 7 nitrogen and oxygen atoms in total. The number of pyridine rings is 1.